The number of nitrogens with zero attached hydrogens (tertiary/aromatic N) is 2. The Hall–Kier alpha value is -4.25. The summed E-state index contributed by atoms with van der Waals surface area (Å²) in [5, 5.41) is 14.1. The molecule has 2 aromatic carbocycles. The number of hydrogen-bond acceptors (Lipinski definition) is 7. The molecule has 40 heavy (non-hydrogen) atoms. The molecule has 0 spiro atoms. The fourth-order valence-corrected chi connectivity index (χ4v) is 3.50. The molecular weight excluding hydrogens is 518 g/mol. The second-order valence-electron chi connectivity index (χ2n) is 10.0. The monoisotopic (exact) mass is 545 g/mol. The highest BCUT2D eigenvalue weighted by atomic mass is 19.1. The summed E-state index contributed by atoms with van der Waals surface area (Å²) in [5.74, 6) is -2.97. The van der Waals surface area contributed by atoms with E-state index in [1.54, 1.807) is 6.92 Å². The van der Waals surface area contributed by atoms with E-state index in [-0.39, 0.29) is 45.6 Å². The number of nitrogens with one attached hydrogen (secondary N) is 2. The van der Waals surface area contributed by atoms with Crippen molar-refractivity contribution in [3.63, 3.8) is 0 Å². The second-order valence-corrected chi connectivity index (χ2v) is 10.0. The third-order valence-electron chi connectivity index (χ3n) is 5.32. The number of rotatable bonds is 8. The van der Waals surface area contributed by atoms with Crippen LogP contribution < -0.4 is 21.1 Å². The lowest BCUT2D eigenvalue weighted by molar-refractivity contribution is -0.119. The maximum atomic E-state index is 15.0. The molecule has 0 bridgehead atoms. The quantitative estimate of drug-likeness (QED) is 0.195. The van der Waals surface area contributed by atoms with E-state index >= 15 is 4.39 Å². The highest BCUT2D eigenvalue weighted by Crippen LogP contribution is 2.33. The molecular formula is C27H27B2F2N5O4. The van der Waals surface area contributed by atoms with Gasteiger partial charge in [0.2, 0.25) is 5.91 Å². The lowest BCUT2D eigenvalue weighted by Gasteiger charge is -2.21. The Balaban J connectivity index is 1.86. The minimum Gasteiger partial charge on any atom is -0.456 e. The summed E-state index contributed by atoms with van der Waals surface area (Å²) in [6, 6.07) is 6.16. The van der Waals surface area contributed by atoms with Crippen molar-refractivity contribution in [3.05, 3.63) is 76.8 Å². The standard InChI is InChI=1S/C27H27B2F2N5O4/c1-14-7-15(8-24(37)35-16(12-32)13-34-26(2,3)4)19(30)11-23(14)40-22-5-6-33-21-10-20(31)17(9-18(21)22)25(38)36-27(28,29)39/h5-7,9-13,39H,8,32H2,1-4H3,(H,35,37)(H,36,38)/b16-12+,34-13?. The Morgan fingerprint density at radius 3 is 2.48 bits per heavy atom. The molecule has 2 amide bonds. The molecule has 0 fully saturated rings. The van der Waals surface area contributed by atoms with Gasteiger partial charge in [0.25, 0.3) is 5.91 Å². The van der Waals surface area contributed by atoms with Gasteiger partial charge in [-0.2, -0.15) is 0 Å². The van der Waals surface area contributed by atoms with Crippen LogP contribution in [-0.2, 0) is 11.2 Å². The summed E-state index contributed by atoms with van der Waals surface area (Å²) in [5.41, 5.74) is 3.16. The number of nitrogens with two attached hydrogens (primary N) is 1. The van der Waals surface area contributed by atoms with E-state index in [0.717, 1.165) is 18.2 Å². The summed E-state index contributed by atoms with van der Waals surface area (Å²) in [6.45, 7) is 7.30. The Kier molecular flexibility index (Phi) is 8.99. The molecule has 5 N–H and O–H groups in total. The van der Waals surface area contributed by atoms with Crippen LogP contribution in [0.2, 0.25) is 0 Å². The van der Waals surface area contributed by atoms with E-state index < -0.39 is 34.5 Å². The normalized spacial score (nSPS) is 12.5. The SMILES string of the molecule is [B]C([B])(O)NC(=O)c1cc2c(Oc3cc(F)c(CC(=O)N/C(C=NC(C)(C)C)=C/N)cc3C)ccnc2cc1F. The number of benzene rings is 2. The number of aryl methyl sites for hydroxylation is 1. The van der Waals surface area contributed by atoms with Crippen LogP contribution in [0.15, 0.2) is 53.4 Å². The van der Waals surface area contributed by atoms with Gasteiger partial charge in [-0.25, -0.2) is 8.78 Å². The molecule has 0 aliphatic heterocycles. The number of aliphatic hydroxyl groups is 1. The number of carbonyl (C=O) groups is 2. The van der Waals surface area contributed by atoms with Crippen molar-refractivity contribution in [1.82, 2.24) is 15.6 Å². The van der Waals surface area contributed by atoms with Crippen molar-refractivity contribution >= 4 is 44.6 Å². The number of pyridine rings is 1. The molecule has 9 nitrogen and oxygen atoms in total. The van der Waals surface area contributed by atoms with Gasteiger partial charge in [0, 0.05) is 41.7 Å². The van der Waals surface area contributed by atoms with Gasteiger partial charge in [-0.15, -0.1) is 0 Å². The van der Waals surface area contributed by atoms with Gasteiger partial charge in [-0.1, -0.05) is 0 Å². The summed E-state index contributed by atoms with van der Waals surface area (Å²) >= 11 is 0. The Morgan fingerprint density at radius 1 is 1.15 bits per heavy atom. The summed E-state index contributed by atoms with van der Waals surface area (Å²) < 4.78 is 35.5. The van der Waals surface area contributed by atoms with E-state index in [4.69, 9.17) is 26.2 Å². The molecule has 1 heterocycles. The third-order valence-corrected chi connectivity index (χ3v) is 5.32. The van der Waals surface area contributed by atoms with Gasteiger partial charge in [0.15, 0.2) is 0 Å². The van der Waals surface area contributed by atoms with Gasteiger partial charge < -0.3 is 26.2 Å². The fraction of sp³-hybridized carbons (Fsp3) is 0.259. The maximum Gasteiger partial charge on any atom is 0.255 e. The van der Waals surface area contributed by atoms with E-state index in [0.29, 0.717) is 5.56 Å². The van der Waals surface area contributed by atoms with Gasteiger partial charge >= 0.3 is 0 Å². The van der Waals surface area contributed by atoms with Crippen LogP contribution in [0.3, 0.4) is 0 Å². The van der Waals surface area contributed by atoms with Crippen LogP contribution in [0.5, 0.6) is 11.5 Å². The van der Waals surface area contributed by atoms with Gasteiger partial charge in [0.05, 0.1) is 28.7 Å². The number of carbonyl (C=O) groups excluding carboxylic acids is 2. The van der Waals surface area contributed by atoms with Gasteiger partial charge in [-0.3, -0.25) is 19.6 Å². The summed E-state index contributed by atoms with van der Waals surface area (Å²) in [6.07, 6.45) is 3.70. The fourth-order valence-electron chi connectivity index (χ4n) is 3.50. The number of halogens is 2. The van der Waals surface area contributed by atoms with Crippen LogP contribution in [0.4, 0.5) is 8.78 Å². The highest BCUT2D eigenvalue weighted by molar-refractivity contribution is 6.39. The molecule has 0 atom stereocenters. The lowest BCUT2D eigenvalue weighted by Crippen LogP contribution is -2.49. The van der Waals surface area contributed by atoms with Crippen molar-refractivity contribution in [1.29, 1.82) is 0 Å². The van der Waals surface area contributed by atoms with Crippen LogP contribution in [0.25, 0.3) is 10.9 Å². The van der Waals surface area contributed by atoms with Crippen molar-refractivity contribution < 1.29 is 28.2 Å². The number of aliphatic imine (C=N–C) groups is 1. The minimum atomic E-state index is -2.57. The lowest BCUT2D eigenvalue weighted by atomic mass is 9.73. The molecule has 0 unspecified atom stereocenters. The van der Waals surface area contributed by atoms with Crippen molar-refractivity contribution in [2.24, 2.45) is 10.7 Å². The molecule has 0 aliphatic rings. The third kappa shape index (κ3) is 8.12. The summed E-state index contributed by atoms with van der Waals surface area (Å²) in [7, 11) is 10.3. The zero-order valence-electron chi connectivity index (χ0n) is 22.4. The smallest absolute Gasteiger partial charge is 0.255 e. The molecule has 0 saturated heterocycles. The predicted octanol–water partition coefficient (Wildman–Crippen LogP) is 2.61. The maximum absolute atomic E-state index is 15.0. The number of aromatic nitrogens is 1. The average Bonchev–Trinajstić information content (AvgIpc) is 2.82. The molecule has 3 aromatic rings. The minimum absolute atomic E-state index is 0.114. The Labute approximate surface area is 232 Å². The van der Waals surface area contributed by atoms with Crippen LogP contribution >= 0.6 is 0 Å². The molecule has 3 rings (SSSR count). The first-order valence-electron chi connectivity index (χ1n) is 12.0. The zero-order valence-corrected chi connectivity index (χ0v) is 22.4. The van der Waals surface area contributed by atoms with Gasteiger partial charge in [0.1, 0.15) is 38.8 Å². The van der Waals surface area contributed by atoms with Crippen molar-refractivity contribution in [2.75, 3.05) is 0 Å². The number of ether oxygens (including phenoxy) is 1. The van der Waals surface area contributed by atoms with Crippen molar-refractivity contribution in [3.8, 4) is 11.5 Å². The van der Waals surface area contributed by atoms with Crippen molar-refractivity contribution in [2.45, 2.75) is 45.2 Å². The van der Waals surface area contributed by atoms with Gasteiger partial charge in [-0.05, 0) is 57.0 Å². The van der Waals surface area contributed by atoms with E-state index in [2.05, 4.69) is 15.3 Å². The molecule has 4 radical (unpaired) electrons. The first-order chi connectivity index (χ1) is 18.6. The van der Waals surface area contributed by atoms with Crippen LogP contribution in [-0.4, -0.2) is 54.9 Å². The van der Waals surface area contributed by atoms with E-state index in [1.807, 2.05) is 26.1 Å². The molecule has 13 heteroatoms. The van der Waals surface area contributed by atoms with E-state index in [1.165, 1.54) is 30.7 Å². The first kappa shape index (κ1) is 30.3. The number of amides is 2. The summed E-state index contributed by atoms with van der Waals surface area (Å²) in [4.78, 5) is 33.2. The largest absolute Gasteiger partial charge is 0.456 e. The number of fused-ring (bicyclic) bond motifs is 1. The number of allylic oxidation sites excluding steroid dienone is 1. The molecule has 1 aromatic heterocycles. The second kappa shape index (κ2) is 11.9. The Bertz CT molecular complexity index is 1520. The molecule has 204 valence electrons. The average molecular weight is 545 g/mol. The first-order valence-corrected chi connectivity index (χ1v) is 12.0. The zero-order chi connectivity index (χ0) is 29.8. The topological polar surface area (TPSA) is 139 Å². The van der Waals surface area contributed by atoms with Crippen LogP contribution in [0.1, 0.15) is 42.3 Å². The number of hydrogen-bond donors (Lipinski definition) is 4. The molecule has 0 aliphatic carbocycles. The van der Waals surface area contributed by atoms with E-state index in [9.17, 15) is 19.1 Å². The van der Waals surface area contributed by atoms with Crippen LogP contribution in [0, 0.1) is 18.6 Å². The highest BCUT2D eigenvalue weighted by Gasteiger charge is 2.21. The Morgan fingerprint density at radius 2 is 1.85 bits per heavy atom. The molecule has 0 saturated carbocycles. The predicted molar refractivity (Wildman–Crippen MR) is 149 cm³/mol.